The van der Waals surface area contributed by atoms with Crippen LogP contribution in [0.3, 0.4) is 0 Å². The fraction of sp³-hybridized carbons (Fsp3) is 0.667. The summed E-state index contributed by atoms with van der Waals surface area (Å²) in [5, 5.41) is 12.1. The van der Waals surface area contributed by atoms with E-state index in [-0.39, 0.29) is 30.7 Å². The van der Waals surface area contributed by atoms with Crippen molar-refractivity contribution in [1.82, 2.24) is 14.3 Å². The lowest BCUT2D eigenvalue weighted by atomic mass is 10.2. The third kappa shape index (κ3) is 3.49. The number of nitrogens with one attached hydrogen (secondary N) is 1. The molecule has 0 bridgehead atoms. The molecule has 2 rings (SSSR count). The number of hydrogen-bond acceptors (Lipinski definition) is 7. The number of sulfonamides is 1. The Kier molecular flexibility index (Phi) is 5.09. The van der Waals surface area contributed by atoms with E-state index in [0.29, 0.717) is 12.5 Å². The van der Waals surface area contributed by atoms with Crippen LogP contribution in [0.4, 0.5) is 5.95 Å². The van der Waals surface area contributed by atoms with Crippen LogP contribution in [0.1, 0.15) is 13.8 Å². The summed E-state index contributed by atoms with van der Waals surface area (Å²) < 4.78 is 31.9. The van der Waals surface area contributed by atoms with Crippen molar-refractivity contribution in [1.29, 1.82) is 0 Å². The Balaban J connectivity index is 2.23. The van der Waals surface area contributed by atoms with Crippen LogP contribution in [0.5, 0.6) is 0 Å². The SMILES string of the molecule is CCNc1ncc(S(=O)(=O)N2CC(CO)OCC2C)cn1. The van der Waals surface area contributed by atoms with Gasteiger partial charge in [-0.3, -0.25) is 0 Å². The maximum Gasteiger partial charge on any atom is 0.246 e. The van der Waals surface area contributed by atoms with E-state index in [9.17, 15) is 8.42 Å². The molecule has 21 heavy (non-hydrogen) atoms. The van der Waals surface area contributed by atoms with E-state index in [2.05, 4.69) is 15.3 Å². The molecule has 0 saturated carbocycles. The minimum Gasteiger partial charge on any atom is -0.394 e. The van der Waals surface area contributed by atoms with Crippen molar-refractivity contribution in [2.24, 2.45) is 0 Å². The van der Waals surface area contributed by atoms with Crippen molar-refractivity contribution in [3.8, 4) is 0 Å². The number of rotatable bonds is 5. The smallest absolute Gasteiger partial charge is 0.246 e. The highest BCUT2D eigenvalue weighted by Crippen LogP contribution is 2.21. The predicted molar refractivity (Wildman–Crippen MR) is 76.4 cm³/mol. The first-order chi connectivity index (χ1) is 9.98. The van der Waals surface area contributed by atoms with Gasteiger partial charge in [0.1, 0.15) is 4.90 Å². The van der Waals surface area contributed by atoms with Crippen LogP contribution in [-0.4, -0.2) is 66.2 Å². The van der Waals surface area contributed by atoms with E-state index in [0.717, 1.165) is 0 Å². The zero-order chi connectivity index (χ0) is 15.5. The lowest BCUT2D eigenvalue weighted by Gasteiger charge is -2.36. The van der Waals surface area contributed by atoms with Crippen LogP contribution >= 0.6 is 0 Å². The summed E-state index contributed by atoms with van der Waals surface area (Å²) in [6, 6.07) is -0.300. The molecule has 0 radical (unpaired) electrons. The maximum atomic E-state index is 12.6. The first kappa shape index (κ1) is 16.1. The number of aliphatic hydroxyl groups excluding tert-OH is 1. The molecule has 1 aromatic rings. The third-order valence-corrected chi connectivity index (χ3v) is 5.15. The van der Waals surface area contributed by atoms with Crippen molar-refractivity contribution in [3.05, 3.63) is 12.4 Å². The molecule has 2 heterocycles. The number of aromatic nitrogens is 2. The lowest BCUT2D eigenvalue weighted by molar-refractivity contribution is -0.0516. The molecular formula is C12H20N4O4S. The molecule has 0 spiro atoms. The van der Waals surface area contributed by atoms with Crippen molar-refractivity contribution in [2.75, 3.05) is 31.6 Å². The molecule has 2 N–H and O–H groups in total. The van der Waals surface area contributed by atoms with E-state index >= 15 is 0 Å². The molecule has 0 amide bonds. The highest BCUT2D eigenvalue weighted by Gasteiger charge is 2.35. The minimum atomic E-state index is -3.70. The van der Waals surface area contributed by atoms with Gasteiger partial charge in [-0.05, 0) is 13.8 Å². The summed E-state index contributed by atoms with van der Waals surface area (Å²) >= 11 is 0. The van der Waals surface area contributed by atoms with Gasteiger partial charge in [0.2, 0.25) is 16.0 Å². The van der Waals surface area contributed by atoms with Crippen LogP contribution in [0.15, 0.2) is 17.3 Å². The Morgan fingerprint density at radius 2 is 2.14 bits per heavy atom. The number of anilines is 1. The molecule has 1 aromatic heterocycles. The molecule has 9 heteroatoms. The van der Waals surface area contributed by atoms with E-state index < -0.39 is 16.1 Å². The van der Waals surface area contributed by atoms with Crippen molar-refractivity contribution in [3.63, 3.8) is 0 Å². The summed E-state index contributed by atoms with van der Waals surface area (Å²) in [5.74, 6) is 0.389. The molecule has 1 aliphatic heterocycles. The van der Waals surface area contributed by atoms with Gasteiger partial charge in [0.15, 0.2) is 0 Å². The Labute approximate surface area is 124 Å². The first-order valence-electron chi connectivity index (χ1n) is 6.79. The van der Waals surface area contributed by atoms with Gasteiger partial charge in [0.25, 0.3) is 0 Å². The van der Waals surface area contributed by atoms with Gasteiger partial charge < -0.3 is 15.2 Å². The van der Waals surface area contributed by atoms with Crippen molar-refractivity contribution in [2.45, 2.75) is 30.9 Å². The summed E-state index contributed by atoms with van der Waals surface area (Å²) in [6.07, 6.45) is 2.07. The molecular weight excluding hydrogens is 296 g/mol. The average molecular weight is 316 g/mol. The number of aliphatic hydroxyl groups is 1. The zero-order valence-electron chi connectivity index (χ0n) is 12.1. The Bertz CT molecular complexity index is 563. The summed E-state index contributed by atoms with van der Waals surface area (Å²) in [5.41, 5.74) is 0. The van der Waals surface area contributed by atoms with Crippen LogP contribution < -0.4 is 5.32 Å². The van der Waals surface area contributed by atoms with E-state index in [1.54, 1.807) is 6.92 Å². The first-order valence-corrected chi connectivity index (χ1v) is 8.23. The third-order valence-electron chi connectivity index (χ3n) is 3.22. The molecule has 8 nitrogen and oxygen atoms in total. The second-order valence-corrected chi connectivity index (χ2v) is 6.72. The van der Waals surface area contributed by atoms with Crippen molar-refractivity contribution < 1.29 is 18.3 Å². The van der Waals surface area contributed by atoms with Crippen LogP contribution in [-0.2, 0) is 14.8 Å². The van der Waals surface area contributed by atoms with Gasteiger partial charge >= 0.3 is 0 Å². The fourth-order valence-corrected chi connectivity index (χ4v) is 3.61. The van der Waals surface area contributed by atoms with Gasteiger partial charge in [0, 0.05) is 19.1 Å². The molecule has 0 aromatic carbocycles. The second-order valence-electron chi connectivity index (χ2n) is 4.83. The quantitative estimate of drug-likeness (QED) is 0.767. The fourth-order valence-electron chi connectivity index (χ4n) is 2.07. The topological polar surface area (TPSA) is 105 Å². The molecule has 0 aliphatic carbocycles. The molecule has 1 fully saturated rings. The lowest BCUT2D eigenvalue weighted by Crippen LogP contribution is -2.51. The molecule has 1 aliphatic rings. The van der Waals surface area contributed by atoms with Gasteiger partial charge in [-0.15, -0.1) is 0 Å². The molecule has 118 valence electrons. The van der Waals surface area contributed by atoms with Gasteiger partial charge in [0.05, 0.1) is 31.7 Å². The Morgan fingerprint density at radius 1 is 1.48 bits per heavy atom. The van der Waals surface area contributed by atoms with Gasteiger partial charge in [-0.2, -0.15) is 4.31 Å². The van der Waals surface area contributed by atoms with Crippen LogP contribution in [0, 0.1) is 0 Å². The largest absolute Gasteiger partial charge is 0.394 e. The standard InChI is InChI=1S/C12H20N4O4S/c1-3-13-12-14-4-11(5-15-12)21(18,19)16-6-10(7-17)20-8-9(16)2/h4-5,9-10,17H,3,6-8H2,1-2H3,(H,13,14,15). The molecule has 2 atom stereocenters. The number of ether oxygens (including phenoxy) is 1. The maximum absolute atomic E-state index is 12.6. The number of morpholine rings is 1. The monoisotopic (exact) mass is 316 g/mol. The highest BCUT2D eigenvalue weighted by atomic mass is 32.2. The van der Waals surface area contributed by atoms with Gasteiger partial charge in [-0.25, -0.2) is 18.4 Å². The second kappa shape index (κ2) is 6.65. The molecule has 2 unspecified atom stereocenters. The highest BCUT2D eigenvalue weighted by molar-refractivity contribution is 7.89. The Morgan fingerprint density at radius 3 is 2.71 bits per heavy atom. The predicted octanol–water partition coefficient (Wildman–Crippen LogP) is -0.321. The minimum absolute atomic E-state index is 0.0367. The average Bonchev–Trinajstić information content (AvgIpc) is 2.48. The van der Waals surface area contributed by atoms with Crippen LogP contribution in [0.25, 0.3) is 0 Å². The van der Waals surface area contributed by atoms with E-state index in [1.807, 2.05) is 6.92 Å². The van der Waals surface area contributed by atoms with Gasteiger partial charge in [-0.1, -0.05) is 0 Å². The van der Waals surface area contributed by atoms with E-state index in [4.69, 9.17) is 9.84 Å². The zero-order valence-corrected chi connectivity index (χ0v) is 12.9. The normalized spacial score (nSPS) is 24.0. The summed E-state index contributed by atoms with van der Waals surface area (Å²) in [7, 11) is -3.70. The molecule has 1 saturated heterocycles. The number of nitrogens with zero attached hydrogens (tertiary/aromatic N) is 3. The van der Waals surface area contributed by atoms with E-state index in [1.165, 1.54) is 16.7 Å². The van der Waals surface area contributed by atoms with Crippen LogP contribution in [0.2, 0.25) is 0 Å². The van der Waals surface area contributed by atoms with Crippen molar-refractivity contribution >= 4 is 16.0 Å². The number of hydrogen-bond donors (Lipinski definition) is 2. The summed E-state index contributed by atoms with van der Waals surface area (Å²) in [6.45, 7) is 4.48. The Hall–Kier alpha value is -1.29. The summed E-state index contributed by atoms with van der Waals surface area (Å²) in [4.78, 5) is 8.01.